The number of nitrogens with one attached hydrogen (secondary N) is 3. The molecule has 1 heterocycles. The van der Waals surface area contributed by atoms with Crippen LogP contribution in [-0.2, 0) is 20.8 Å². The number of benzene rings is 1. The Morgan fingerprint density at radius 2 is 1.92 bits per heavy atom. The molecule has 1 aliphatic rings. The van der Waals surface area contributed by atoms with E-state index >= 15 is 0 Å². The van der Waals surface area contributed by atoms with Crippen LogP contribution in [0, 0.1) is 11.8 Å². The Morgan fingerprint density at radius 1 is 1.21 bits per heavy atom. The van der Waals surface area contributed by atoms with E-state index in [1.807, 2.05) is 38.1 Å². The molecule has 130 valence electrons. The normalized spacial score (nSPS) is 16.3. The summed E-state index contributed by atoms with van der Waals surface area (Å²) in [5.41, 5.74) is 1.98. The summed E-state index contributed by atoms with van der Waals surface area (Å²) in [4.78, 5) is 35.3. The number of fused-ring (bicyclic) bond motifs is 1. The molecule has 0 saturated heterocycles. The van der Waals surface area contributed by atoms with Gasteiger partial charge in [-0.05, 0) is 24.5 Å². The van der Waals surface area contributed by atoms with Gasteiger partial charge in [-0.3, -0.25) is 14.4 Å². The molecular weight excluding hydrogens is 306 g/mol. The smallest absolute Gasteiger partial charge is 0.227 e. The fraction of sp³-hybridized carbons (Fsp3) is 0.500. The first-order valence-electron chi connectivity index (χ1n) is 8.40. The Bertz CT molecular complexity index is 613. The standard InChI is InChI=1S/C18H25N3O3/c1-12(2)17(23)20-10-9-19-16(22)8-7-14-11-13-5-3-4-6-15(13)21-18(14)24/h3-6,12,14H,7-11H2,1-2H3,(H,19,22)(H,20,23)(H,21,24). The van der Waals surface area contributed by atoms with E-state index in [9.17, 15) is 14.4 Å². The van der Waals surface area contributed by atoms with E-state index in [0.29, 0.717) is 32.4 Å². The molecule has 0 saturated carbocycles. The van der Waals surface area contributed by atoms with Gasteiger partial charge in [-0.25, -0.2) is 0 Å². The Morgan fingerprint density at radius 3 is 2.67 bits per heavy atom. The third kappa shape index (κ3) is 5.08. The summed E-state index contributed by atoms with van der Waals surface area (Å²) in [6.07, 6.45) is 1.49. The van der Waals surface area contributed by atoms with Crippen LogP contribution in [0.5, 0.6) is 0 Å². The van der Waals surface area contributed by atoms with Crippen molar-refractivity contribution in [3.63, 3.8) is 0 Å². The minimum atomic E-state index is -0.175. The monoisotopic (exact) mass is 331 g/mol. The molecule has 1 aromatic carbocycles. The third-order valence-corrected chi connectivity index (χ3v) is 4.10. The van der Waals surface area contributed by atoms with Crippen molar-refractivity contribution in [1.29, 1.82) is 0 Å². The zero-order valence-corrected chi connectivity index (χ0v) is 14.2. The van der Waals surface area contributed by atoms with Gasteiger partial charge in [0.25, 0.3) is 0 Å². The molecular formula is C18H25N3O3. The number of hydrogen-bond acceptors (Lipinski definition) is 3. The average molecular weight is 331 g/mol. The molecule has 2 rings (SSSR count). The molecule has 1 unspecified atom stereocenters. The van der Waals surface area contributed by atoms with Crippen LogP contribution in [-0.4, -0.2) is 30.8 Å². The van der Waals surface area contributed by atoms with Crippen LogP contribution in [0.3, 0.4) is 0 Å². The summed E-state index contributed by atoms with van der Waals surface area (Å²) >= 11 is 0. The van der Waals surface area contributed by atoms with E-state index in [1.165, 1.54) is 0 Å². The molecule has 1 atom stereocenters. The van der Waals surface area contributed by atoms with Gasteiger partial charge in [-0.15, -0.1) is 0 Å². The van der Waals surface area contributed by atoms with Crippen molar-refractivity contribution in [1.82, 2.24) is 10.6 Å². The van der Waals surface area contributed by atoms with Gasteiger partial charge in [0, 0.05) is 37.0 Å². The number of anilines is 1. The molecule has 0 bridgehead atoms. The molecule has 3 amide bonds. The molecule has 6 nitrogen and oxygen atoms in total. The maximum Gasteiger partial charge on any atom is 0.227 e. The quantitative estimate of drug-likeness (QED) is 0.661. The van der Waals surface area contributed by atoms with E-state index < -0.39 is 0 Å². The van der Waals surface area contributed by atoms with Gasteiger partial charge in [0.15, 0.2) is 0 Å². The molecule has 6 heteroatoms. The van der Waals surface area contributed by atoms with E-state index in [4.69, 9.17) is 0 Å². The van der Waals surface area contributed by atoms with Crippen LogP contribution in [0.15, 0.2) is 24.3 Å². The summed E-state index contributed by atoms with van der Waals surface area (Å²) in [6.45, 7) is 4.46. The summed E-state index contributed by atoms with van der Waals surface area (Å²) in [5.74, 6) is -0.382. The molecule has 0 aliphatic carbocycles. The number of hydrogen-bond donors (Lipinski definition) is 3. The zero-order chi connectivity index (χ0) is 17.5. The zero-order valence-electron chi connectivity index (χ0n) is 14.2. The highest BCUT2D eigenvalue weighted by atomic mass is 16.2. The molecule has 0 aromatic heterocycles. The Hall–Kier alpha value is -2.37. The van der Waals surface area contributed by atoms with Crippen molar-refractivity contribution in [2.24, 2.45) is 11.8 Å². The van der Waals surface area contributed by atoms with Gasteiger partial charge in [0.2, 0.25) is 17.7 Å². The maximum absolute atomic E-state index is 12.1. The average Bonchev–Trinajstić information content (AvgIpc) is 2.56. The van der Waals surface area contributed by atoms with Gasteiger partial charge in [0.05, 0.1) is 0 Å². The van der Waals surface area contributed by atoms with Crippen LogP contribution < -0.4 is 16.0 Å². The van der Waals surface area contributed by atoms with Gasteiger partial charge in [0.1, 0.15) is 0 Å². The highest BCUT2D eigenvalue weighted by Gasteiger charge is 2.26. The van der Waals surface area contributed by atoms with Crippen molar-refractivity contribution >= 4 is 23.4 Å². The number of amides is 3. The van der Waals surface area contributed by atoms with Crippen molar-refractivity contribution in [3.8, 4) is 0 Å². The summed E-state index contributed by atoms with van der Waals surface area (Å²) < 4.78 is 0. The van der Waals surface area contributed by atoms with E-state index in [-0.39, 0.29) is 29.6 Å². The van der Waals surface area contributed by atoms with Crippen LogP contribution in [0.2, 0.25) is 0 Å². The maximum atomic E-state index is 12.1. The largest absolute Gasteiger partial charge is 0.354 e. The van der Waals surface area contributed by atoms with Crippen LogP contribution in [0.4, 0.5) is 5.69 Å². The van der Waals surface area contributed by atoms with Crippen LogP contribution in [0.1, 0.15) is 32.3 Å². The minimum Gasteiger partial charge on any atom is -0.354 e. The lowest BCUT2D eigenvalue weighted by Crippen LogP contribution is -2.37. The third-order valence-electron chi connectivity index (χ3n) is 4.10. The van der Waals surface area contributed by atoms with Crippen molar-refractivity contribution < 1.29 is 14.4 Å². The SMILES string of the molecule is CC(C)C(=O)NCCNC(=O)CCC1Cc2ccccc2NC1=O. The molecule has 0 radical (unpaired) electrons. The second-order valence-electron chi connectivity index (χ2n) is 6.38. The topological polar surface area (TPSA) is 87.3 Å². The second kappa shape index (κ2) is 8.47. The first-order chi connectivity index (χ1) is 11.5. The Labute approximate surface area is 142 Å². The van der Waals surface area contributed by atoms with Crippen molar-refractivity contribution in [3.05, 3.63) is 29.8 Å². The van der Waals surface area contributed by atoms with Crippen LogP contribution >= 0.6 is 0 Å². The van der Waals surface area contributed by atoms with E-state index in [0.717, 1.165) is 11.3 Å². The van der Waals surface area contributed by atoms with Gasteiger partial charge >= 0.3 is 0 Å². The minimum absolute atomic E-state index is 0.0225. The number of para-hydroxylation sites is 1. The van der Waals surface area contributed by atoms with Gasteiger partial charge < -0.3 is 16.0 Å². The Kier molecular flexibility index (Phi) is 6.35. The molecule has 0 spiro atoms. The number of carbonyl (C=O) groups excluding carboxylic acids is 3. The lowest BCUT2D eigenvalue weighted by molar-refractivity contribution is -0.125. The molecule has 3 N–H and O–H groups in total. The van der Waals surface area contributed by atoms with Gasteiger partial charge in [-0.2, -0.15) is 0 Å². The lowest BCUT2D eigenvalue weighted by Gasteiger charge is -2.24. The predicted molar refractivity (Wildman–Crippen MR) is 92.4 cm³/mol. The summed E-state index contributed by atoms with van der Waals surface area (Å²) in [6, 6.07) is 7.73. The van der Waals surface area contributed by atoms with Gasteiger partial charge in [-0.1, -0.05) is 32.0 Å². The highest BCUT2D eigenvalue weighted by Crippen LogP contribution is 2.27. The van der Waals surface area contributed by atoms with Crippen LogP contribution in [0.25, 0.3) is 0 Å². The van der Waals surface area contributed by atoms with Crippen molar-refractivity contribution in [2.75, 3.05) is 18.4 Å². The molecule has 1 aromatic rings. The number of rotatable bonds is 7. The van der Waals surface area contributed by atoms with Crippen molar-refractivity contribution in [2.45, 2.75) is 33.1 Å². The first kappa shape index (κ1) is 18.0. The molecule has 24 heavy (non-hydrogen) atoms. The molecule has 1 aliphatic heterocycles. The fourth-order valence-corrected chi connectivity index (χ4v) is 2.63. The van der Waals surface area contributed by atoms with E-state index in [1.54, 1.807) is 0 Å². The number of carbonyl (C=O) groups is 3. The Balaban J connectivity index is 1.69. The lowest BCUT2D eigenvalue weighted by atomic mass is 9.89. The van der Waals surface area contributed by atoms with E-state index in [2.05, 4.69) is 16.0 Å². The first-order valence-corrected chi connectivity index (χ1v) is 8.40. The second-order valence-corrected chi connectivity index (χ2v) is 6.38. The molecule has 0 fully saturated rings. The fourth-order valence-electron chi connectivity index (χ4n) is 2.63. The predicted octanol–water partition coefficient (Wildman–Crippen LogP) is 1.47. The highest BCUT2D eigenvalue weighted by molar-refractivity contribution is 5.96. The summed E-state index contributed by atoms with van der Waals surface area (Å²) in [7, 11) is 0. The summed E-state index contributed by atoms with van der Waals surface area (Å²) in [5, 5.41) is 8.40.